The van der Waals surface area contributed by atoms with Crippen molar-refractivity contribution in [2.75, 3.05) is 18.5 Å². The molecular formula is C12H16N4O. The number of ether oxygens (including phenoxy) is 1. The molecule has 5 nitrogen and oxygen atoms in total. The highest BCUT2D eigenvalue weighted by Crippen LogP contribution is 2.18. The molecule has 0 aliphatic carbocycles. The van der Waals surface area contributed by atoms with Crippen molar-refractivity contribution >= 4 is 16.9 Å². The van der Waals surface area contributed by atoms with Crippen molar-refractivity contribution in [1.82, 2.24) is 15.0 Å². The van der Waals surface area contributed by atoms with E-state index in [4.69, 9.17) is 4.74 Å². The quantitative estimate of drug-likeness (QED) is 0.849. The van der Waals surface area contributed by atoms with Crippen LogP contribution in [-0.2, 0) is 4.74 Å². The van der Waals surface area contributed by atoms with E-state index >= 15 is 0 Å². The van der Waals surface area contributed by atoms with Gasteiger partial charge in [-0.25, -0.2) is 9.97 Å². The summed E-state index contributed by atoms with van der Waals surface area (Å²) in [6.45, 7) is 1.69. The first kappa shape index (κ1) is 10.5. The molecule has 5 heteroatoms. The number of rotatable bonds is 3. The van der Waals surface area contributed by atoms with E-state index in [1.54, 1.807) is 12.5 Å². The maximum Gasteiger partial charge on any atom is 0.154 e. The summed E-state index contributed by atoms with van der Waals surface area (Å²) < 4.78 is 5.67. The van der Waals surface area contributed by atoms with Crippen LogP contribution in [0.5, 0.6) is 0 Å². The van der Waals surface area contributed by atoms with Gasteiger partial charge in [-0.15, -0.1) is 0 Å². The average molecular weight is 232 g/mol. The minimum atomic E-state index is 0.305. The van der Waals surface area contributed by atoms with Crippen molar-refractivity contribution in [2.45, 2.75) is 25.4 Å². The first-order valence-electron chi connectivity index (χ1n) is 6.07. The van der Waals surface area contributed by atoms with Gasteiger partial charge in [-0.2, -0.15) is 0 Å². The van der Waals surface area contributed by atoms with Gasteiger partial charge in [0.2, 0.25) is 0 Å². The van der Waals surface area contributed by atoms with Crippen LogP contribution in [0, 0.1) is 0 Å². The van der Waals surface area contributed by atoms with Gasteiger partial charge in [-0.05, 0) is 25.3 Å². The number of nitrogens with zero attached hydrogens (tertiary/aromatic N) is 2. The molecule has 90 valence electrons. The molecule has 0 radical (unpaired) electrons. The number of fused-ring (bicyclic) bond motifs is 1. The lowest BCUT2D eigenvalue weighted by Crippen LogP contribution is -2.27. The molecule has 1 aliphatic heterocycles. The normalized spacial score (nSPS) is 20.6. The van der Waals surface area contributed by atoms with Crippen LogP contribution in [0.25, 0.3) is 11.0 Å². The fourth-order valence-electron chi connectivity index (χ4n) is 2.18. The molecule has 0 bridgehead atoms. The van der Waals surface area contributed by atoms with Crippen molar-refractivity contribution in [1.29, 1.82) is 0 Å². The van der Waals surface area contributed by atoms with Crippen molar-refractivity contribution < 1.29 is 4.74 Å². The minimum Gasteiger partial charge on any atom is -0.376 e. The summed E-state index contributed by atoms with van der Waals surface area (Å²) in [7, 11) is 0. The number of hydrogen-bond acceptors (Lipinski definition) is 4. The van der Waals surface area contributed by atoms with E-state index in [1.807, 2.05) is 6.07 Å². The van der Waals surface area contributed by atoms with Gasteiger partial charge in [0, 0.05) is 19.3 Å². The van der Waals surface area contributed by atoms with Crippen LogP contribution in [0.2, 0.25) is 0 Å². The zero-order valence-corrected chi connectivity index (χ0v) is 9.65. The van der Waals surface area contributed by atoms with Gasteiger partial charge in [0.05, 0.1) is 17.9 Å². The molecule has 1 aliphatic rings. The smallest absolute Gasteiger partial charge is 0.154 e. The van der Waals surface area contributed by atoms with E-state index in [1.165, 1.54) is 12.8 Å². The van der Waals surface area contributed by atoms with Gasteiger partial charge >= 0.3 is 0 Å². The third kappa shape index (κ3) is 2.24. The third-order valence-corrected chi connectivity index (χ3v) is 3.11. The van der Waals surface area contributed by atoms with Crippen LogP contribution in [-0.4, -0.2) is 34.2 Å². The highest BCUT2D eigenvalue weighted by molar-refractivity contribution is 5.85. The monoisotopic (exact) mass is 232 g/mol. The zero-order chi connectivity index (χ0) is 11.5. The van der Waals surface area contributed by atoms with E-state index < -0.39 is 0 Å². The Morgan fingerprint density at radius 1 is 1.41 bits per heavy atom. The van der Waals surface area contributed by atoms with Crippen molar-refractivity contribution in [3.05, 3.63) is 18.6 Å². The predicted molar refractivity (Wildman–Crippen MR) is 66.0 cm³/mol. The molecule has 17 heavy (non-hydrogen) atoms. The summed E-state index contributed by atoms with van der Waals surface area (Å²) in [5.74, 6) is 0.831. The Kier molecular flexibility index (Phi) is 2.92. The maximum atomic E-state index is 5.67. The summed E-state index contributed by atoms with van der Waals surface area (Å²) in [4.78, 5) is 11.7. The number of imidazole rings is 1. The molecule has 0 aromatic carbocycles. The van der Waals surface area contributed by atoms with Crippen LogP contribution >= 0.6 is 0 Å². The Morgan fingerprint density at radius 3 is 3.29 bits per heavy atom. The second kappa shape index (κ2) is 4.71. The highest BCUT2D eigenvalue weighted by Gasteiger charge is 2.14. The molecule has 3 heterocycles. The molecule has 1 fully saturated rings. The van der Waals surface area contributed by atoms with Crippen LogP contribution in [0.3, 0.4) is 0 Å². The minimum absolute atomic E-state index is 0.305. The SMILES string of the molecule is c1cc2[nH]cnc2c(NCC2CCCCO2)n1. The van der Waals surface area contributed by atoms with Crippen molar-refractivity contribution in [3.63, 3.8) is 0 Å². The summed E-state index contributed by atoms with van der Waals surface area (Å²) in [5.41, 5.74) is 1.90. The molecule has 1 saturated heterocycles. The van der Waals surface area contributed by atoms with Gasteiger partial charge in [0.15, 0.2) is 5.82 Å². The predicted octanol–water partition coefficient (Wildman–Crippen LogP) is 1.94. The Labute approximate surface area is 99.6 Å². The lowest BCUT2D eigenvalue weighted by molar-refractivity contribution is 0.0247. The molecule has 0 saturated carbocycles. The zero-order valence-electron chi connectivity index (χ0n) is 9.65. The number of hydrogen-bond donors (Lipinski definition) is 2. The summed E-state index contributed by atoms with van der Waals surface area (Å²) in [5, 5.41) is 3.32. The lowest BCUT2D eigenvalue weighted by atomic mass is 10.1. The second-order valence-electron chi connectivity index (χ2n) is 4.33. The number of pyridine rings is 1. The van der Waals surface area contributed by atoms with E-state index in [9.17, 15) is 0 Å². The van der Waals surface area contributed by atoms with Gasteiger partial charge in [-0.1, -0.05) is 0 Å². The van der Waals surface area contributed by atoms with Crippen LogP contribution < -0.4 is 5.32 Å². The summed E-state index contributed by atoms with van der Waals surface area (Å²) >= 11 is 0. The Bertz CT molecular complexity index is 490. The van der Waals surface area contributed by atoms with Crippen LogP contribution in [0.4, 0.5) is 5.82 Å². The van der Waals surface area contributed by atoms with Crippen molar-refractivity contribution in [3.8, 4) is 0 Å². The van der Waals surface area contributed by atoms with Gasteiger partial charge in [0.25, 0.3) is 0 Å². The number of nitrogens with one attached hydrogen (secondary N) is 2. The standard InChI is InChI=1S/C12H16N4O/c1-2-6-17-9(3-1)7-14-12-11-10(4-5-13-12)15-8-16-11/h4-5,8-9H,1-3,6-7H2,(H,13,14)(H,15,16). The van der Waals surface area contributed by atoms with Gasteiger partial charge < -0.3 is 15.0 Å². The number of aromatic nitrogens is 3. The first-order valence-corrected chi connectivity index (χ1v) is 6.07. The Balaban J connectivity index is 1.69. The van der Waals surface area contributed by atoms with Crippen molar-refractivity contribution in [2.24, 2.45) is 0 Å². The molecule has 3 rings (SSSR count). The lowest BCUT2D eigenvalue weighted by Gasteiger charge is -2.22. The maximum absolute atomic E-state index is 5.67. The molecule has 2 aromatic heterocycles. The molecular weight excluding hydrogens is 216 g/mol. The fourth-order valence-corrected chi connectivity index (χ4v) is 2.18. The van der Waals surface area contributed by atoms with E-state index in [-0.39, 0.29) is 0 Å². The molecule has 1 atom stereocenters. The third-order valence-electron chi connectivity index (χ3n) is 3.11. The summed E-state index contributed by atoms with van der Waals surface area (Å²) in [6, 6.07) is 1.92. The van der Waals surface area contributed by atoms with Gasteiger partial charge in [0.1, 0.15) is 5.52 Å². The molecule has 2 aromatic rings. The van der Waals surface area contributed by atoms with E-state index in [0.717, 1.165) is 36.4 Å². The number of anilines is 1. The topological polar surface area (TPSA) is 62.8 Å². The number of aromatic amines is 1. The highest BCUT2D eigenvalue weighted by atomic mass is 16.5. The Morgan fingerprint density at radius 2 is 2.41 bits per heavy atom. The molecule has 0 spiro atoms. The van der Waals surface area contributed by atoms with Gasteiger partial charge in [-0.3, -0.25) is 0 Å². The van der Waals surface area contributed by atoms with Crippen LogP contribution in [0.1, 0.15) is 19.3 Å². The van der Waals surface area contributed by atoms with Crippen LogP contribution in [0.15, 0.2) is 18.6 Å². The summed E-state index contributed by atoms with van der Waals surface area (Å²) in [6.07, 6.45) is 7.35. The molecule has 0 amide bonds. The second-order valence-corrected chi connectivity index (χ2v) is 4.33. The number of H-pyrrole nitrogens is 1. The van der Waals surface area contributed by atoms with E-state index in [0.29, 0.717) is 6.10 Å². The largest absolute Gasteiger partial charge is 0.376 e. The first-order chi connectivity index (χ1) is 8.43. The van der Waals surface area contributed by atoms with E-state index in [2.05, 4.69) is 20.3 Å². The molecule has 1 unspecified atom stereocenters. The average Bonchev–Trinajstić information content (AvgIpc) is 2.86. The fraction of sp³-hybridized carbons (Fsp3) is 0.500. The molecule has 2 N–H and O–H groups in total. The Hall–Kier alpha value is -1.62.